The normalized spacial score (nSPS) is 10.9. The number of nitrogens with two attached hydrogens (primary N) is 1. The fourth-order valence-corrected chi connectivity index (χ4v) is 3.90. The highest BCUT2D eigenvalue weighted by molar-refractivity contribution is 7.19. The molecule has 134 valence electrons. The Morgan fingerprint density at radius 3 is 2.48 bits per heavy atom. The van der Waals surface area contributed by atoms with Crippen LogP contribution in [0.15, 0.2) is 60.8 Å². The molecule has 0 saturated carbocycles. The van der Waals surface area contributed by atoms with Crippen LogP contribution in [0.2, 0.25) is 0 Å². The van der Waals surface area contributed by atoms with Crippen molar-refractivity contribution >= 4 is 33.8 Å². The standard InChI is InChI=1S/C20H16N4O2S/c1-12-17(19(26)22-15-10-6-5-9-14(15)18(21)25)27-20-23-16(11-24(12)20)13-7-3-2-4-8-13/h2-11H,1H3,(H2,21,25)(H,22,26). The van der Waals surface area contributed by atoms with Crippen LogP contribution in [0.25, 0.3) is 16.2 Å². The molecule has 0 spiro atoms. The van der Waals surface area contributed by atoms with Crippen molar-refractivity contribution < 1.29 is 9.59 Å². The van der Waals surface area contributed by atoms with Crippen LogP contribution in [0, 0.1) is 6.92 Å². The number of nitrogens with zero attached hydrogens (tertiary/aromatic N) is 2. The average Bonchev–Trinajstić information content (AvgIpc) is 3.22. The van der Waals surface area contributed by atoms with E-state index in [-0.39, 0.29) is 11.5 Å². The predicted octanol–water partition coefficient (Wildman–Crippen LogP) is 3.72. The summed E-state index contributed by atoms with van der Waals surface area (Å²) in [6, 6.07) is 16.5. The lowest BCUT2D eigenvalue weighted by Gasteiger charge is -2.08. The summed E-state index contributed by atoms with van der Waals surface area (Å²) in [5, 5.41) is 2.78. The van der Waals surface area contributed by atoms with E-state index in [2.05, 4.69) is 10.3 Å². The van der Waals surface area contributed by atoms with E-state index in [9.17, 15) is 9.59 Å². The van der Waals surface area contributed by atoms with Gasteiger partial charge in [0.05, 0.1) is 16.9 Å². The molecule has 0 radical (unpaired) electrons. The Bertz CT molecular complexity index is 1160. The van der Waals surface area contributed by atoms with E-state index in [0.717, 1.165) is 21.9 Å². The second-order valence-corrected chi connectivity index (χ2v) is 7.00. The number of fused-ring (bicyclic) bond motifs is 1. The van der Waals surface area contributed by atoms with Gasteiger partial charge in [-0.1, -0.05) is 53.8 Å². The van der Waals surface area contributed by atoms with Gasteiger partial charge in [0.15, 0.2) is 4.96 Å². The summed E-state index contributed by atoms with van der Waals surface area (Å²) in [4.78, 5) is 30.2. The monoisotopic (exact) mass is 376 g/mol. The molecule has 0 aliphatic rings. The fourth-order valence-electron chi connectivity index (χ4n) is 2.89. The molecule has 2 heterocycles. The number of carbonyl (C=O) groups excluding carboxylic acids is 2. The van der Waals surface area contributed by atoms with Gasteiger partial charge in [-0.2, -0.15) is 0 Å². The number of aromatic nitrogens is 2. The average molecular weight is 376 g/mol. The van der Waals surface area contributed by atoms with Crippen molar-refractivity contribution in [3.63, 3.8) is 0 Å². The Morgan fingerprint density at radius 2 is 1.78 bits per heavy atom. The highest BCUT2D eigenvalue weighted by atomic mass is 32.1. The zero-order chi connectivity index (χ0) is 19.0. The van der Waals surface area contributed by atoms with Gasteiger partial charge in [0.25, 0.3) is 11.8 Å². The third kappa shape index (κ3) is 3.09. The Labute approximate surface area is 159 Å². The van der Waals surface area contributed by atoms with Gasteiger partial charge in [0.2, 0.25) is 0 Å². The Kier molecular flexibility index (Phi) is 4.21. The molecule has 27 heavy (non-hydrogen) atoms. The molecule has 0 bridgehead atoms. The lowest BCUT2D eigenvalue weighted by atomic mass is 10.1. The molecule has 7 heteroatoms. The molecule has 0 fully saturated rings. The molecule has 4 rings (SSSR count). The first-order valence-electron chi connectivity index (χ1n) is 8.28. The molecule has 4 aromatic rings. The molecular formula is C20H16N4O2S. The lowest BCUT2D eigenvalue weighted by Crippen LogP contribution is -2.18. The maximum Gasteiger partial charge on any atom is 0.267 e. The SMILES string of the molecule is Cc1c(C(=O)Nc2ccccc2C(N)=O)sc2nc(-c3ccccc3)cn12. The smallest absolute Gasteiger partial charge is 0.267 e. The van der Waals surface area contributed by atoms with Gasteiger partial charge in [0, 0.05) is 17.5 Å². The number of amides is 2. The van der Waals surface area contributed by atoms with Crippen molar-refractivity contribution in [3.8, 4) is 11.3 Å². The summed E-state index contributed by atoms with van der Waals surface area (Å²) >= 11 is 1.30. The van der Waals surface area contributed by atoms with Crippen molar-refractivity contribution in [2.75, 3.05) is 5.32 Å². The lowest BCUT2D eigenvalue weighted by molar-refractivity contribution is 0.100. The van der Waals surface area contributed by atoms with Crippen LogP contribution < -0.4 is 11.1 Å². The van der Waals surface area contributed by atoms with Crippen LogP contribution in [0.4, 0.5) is 5.69 Å². The van der Waals surface area contributed by atoms with Gasteiger partial charge in [0.1, 0.15) is 4.88 Å². The number of hydrogen-bond donors (Lipinski definition) is 2. The van der Waals surface area contributed by atoms with E-state index in [1.54, 1.807) is 24.3 Å². The van der Waals surface area contributed by atoms with Gasteiger partial charge in [-0.15, -0.1) is 0 Å². The largest absolute Gasteiger partial charge is 0.366 e. The maximum atomic E-state index is 12.7. The molecule has 0 saturated heterocycles. The molecule has 0 atom stereocenters. The second kappa shape index (κ2) is 6.69. The number of para-hydroxylation sites is 1. The van der Waals surface area contributed by atoms with Crippen LogP contribution in [0.3, 0.4) is 0 Å². The van der Waals surface area contributed by atoms with Crippen molar-refractivity contribution in [1.82, 2.24) is 9.38 Å². The molecule has 0 aliphatic heterocycles. The number of benzene rings is 2. The molecule has 2 aromatic carbocycles. The van der Waals surface area contributed by atoms with Crippen LogP contribution in [0.1, 0.15) is 25.7 Å². The van der Waals surface area contributed by atoms with Gasteiger partial charge in [-0.25, -0.2) is 4.98 Å². The number of thiazole rings is 1. The van der Waals surface area contributed by atoms with E-state index >= 15 is 0 Å². The maximum absolute atomic E-state index is 12.7. The van der Waals surface area contributed by atoms with E-state index in [4.69, 9.17) is 5.73 Å². The molecular weight excluding hydrogens is 360 g/mol. The topological polar surface area (TPSA) is 89.5 Å². The Morgan fingerprint density at radius 1 is 1.07 bits per heavy atom. The third-order valence-electron chi connectivity index (χ3n) is 4.27. The van der Waals surface area contributed by atoms with Crippen molar-refractivity contribution in [2.45, 2.75) is 6.92 Å². The summed E-state index contributed by atoms with van der Waals surface area (Å²) < 4.78 is 1.90. The molecule has 0 aliphatic carbocycles. The van der Waals surface area contributed by atoms with Crippen LogP contribution in [-0.2, 0) is 0 Å². The summed E-state index contributed by atoms with van der Waals surface area (Å²) in [6.45, 7) is 1.87. The molecule has 3 N–H and O–H groups in total. The van der Waals surface area contributed by atoms with E-state index < -0.39 is 5.91 Å². The first kappa shape index (κ1) is 17.0. The number of carbonyl (C=O) groups is 2. The predicted molar refractivity (Wildman–Crippen MR) is 106 cm³/mol. The minimum absolute atomic E-state index is 0.274. The zero-order valence-electron chi connectivity index (χ0n) is 14.5. The summed E-state index contributed by atoms with van der Waals surface area (Å²) in [5.74, 6) is -0.880. The van der Waals surface area contributed by atoms with E-state index in [1.807, 2.05) is 47.9 Å². The number of aryl methyl sites for hydroxylation is 1. The van der Waals surface area contributed by atoms with E-state index in [1.165, 1.54) is 11.3 Å². The minimum atomic E-state index is -0.587. The number of nitrogens with one attached hydrogen (secondary N) is 1. The van der Waals surface area contributed by atoms with Crippen LogP contribution in [-0.4, -0.2) is 21.2 Å². The second-order valence-electron chi connectivity index (χ2n) is 6.03. The highest BCUT2D eigenvalue weighted by Gasteiger charge is 2.19. The van der Waals surface area contributed by atoms with Gasteiger partial charge in [-0.3, -0.25) is 14.0 Å². The minimum Gasteiger partial charge on any atom is -0.366 e. The van der Waals surface area contributed by atoms with Gasteiger partial charge < -0.3 is 11.1 Å². The third-order valence-corrected chi connectivity index (χ3v) is 5.43. The number of rotatable bonds is 4. The van der Waals surface area contributed by atoms with E-state index in [0.29, 0.717) is 10.6 Å². The van der Waals surface area contributed by atoms with Crippen LogP contribution in [0.5, 0.6) is 0 Å². The molecule has 0 unspecified atom stereocenters. The zero-order valence-corrected chi connectivity index (χ0v) is 15.3. The Balaban J connectivity index is 1.66. The van der Waals surface area contributed by atoms with Crippen molar-refractivity contribution in [1.29, 1.82) is 0 Å². The number of hydrogen-bond acceptors (Lipinski definition) is 4. The molecule has 6 nitrogen and oxygen atoms in total. The fraction of sp³-hybridized carbons (Fsp3) is 0.0500. The summed E-state index contributed by atoms with van der Waals surface area (Å²) in [7, 11) is 0. The number of primary amides is 1. The van der Waals surface area contributed by atoms with Gasteiger partial charge in [-0.05, 0) is 19.1 Å². The quantitative estimate of drug-likeness (QED) is 0.569. The number of imidazole rings is 1. The summed E-state index contributed by atoms with van der Waals surface area (Å²) in [5.41, 5.74) is 8.71. The summed E-state index contributed by atoms with van der Waals surface area (Å²) in [6.07, 6.45) is 1.92. The molecule has 2 aromatic heterocycles. The van der Waals surface area contributed by atoms with Gasteiger partial charge >= 0.3 is 0 Å². The van der Waals surface area contributed by atoms with Crippen LogP contribution >= 0.6 is 11.3 Å². The highest BCUT2D eigenvalue weighted by Crippen LogP contribution is 2.28. The first-order valence-corrected chi connectivity index (χ1v) is 9.10. The number of anilines is 1. The Hall–Kier alpha value is -3.45. The van der Waals surface area contributed by atoms with Crippen molar-refractivity contribution in [2.24, 2.45) is 5.73 Å². The first-order chi connectivity index (χ1) is 13.0. The van der Waals surface area contributed by atoms with Crippen molar-refractivity contribution in [3.05, 3.63) is 76.9 Å². The molecule has 2 amide bonds.